The van der Waals surface area contributed by atoms with Crippen molar-refractivity contribution in [3.63, 3.8) is 0 Å². The van der Waals surface area contributed by atoms with Crippen LogP contribution in [0.1, 0.15) is 15.9 Å². The lowest BCUT2D eigenvalue weighted by atomic mass is 10.1. The third-order valence-corrected chi connectivity index (χ3v) is 3.76. The van der Waals surface area contributed by atoms with Crippen molar-refractivity contribution < 1.29 is 19.4 Å². The molecule has 0 fully saturated rings. The molecule has 3 rings (SSSR count). The highest BCUT2D eigenvalue weighted by Gasteiger charge is 2.25. The average molecular weight is 326 g/mol. The molecule has 1 aliphatic heterocycles. The molecule has 24 heavy (non-hydrogen) atoms. The molecule has 124 valence electrons. The van der Waals surface area contributed by atoms with E-state index in [-0.39, 0.29) is 31.6 Å². The summed E-state index contributed by atoms with van der Waals surface area (Å²) in [6.45, 7) is 0.568. The summed E-state index contributed by atoms with van der Waals surface area (Å²) in [7, 11) is 0. The minimum absolute atomic E-state index is 0.0265. The van der Waals surface area contributed by atoms with Crippen LogP contribution >= 0.6 is 0 Å². The van der Waals surface area contributed by atoms with Crippen LogP contribution in [0.5, 0.6) is 5.75 Å². The van der Waals surface area contributed by atoms with Gasteiger partial charge in [-0.1, -0.05) is 24.3 Å². The fraction of sp³-hybridized carbons (Fsp3) is 0.222. The van der Waals surface area contributed by atoms with Gasteiger partial charge in [0, 0.05) is 12.1 Å². The number of nitrogens with one attached hydrogen (secondary N) is 1. The van der Waals surface area contributed by atoms with Crippen LogP contribution < -0.4 is 15.0 Å². The Hall–Kier alpha value is -2.86. The summed E-state index contributed by atoms with van der Waals surface area (Å²) in [4.78, 5) is 25.7. The van der Waals surface area contributed by atoms with E-state index >= 15 is 0 Å². The van der Waals surface area contributed by atoms with E-state index < -0.39 is 0 Å². The van der Waals surface area contributed by atoms with Crippen molar-refractivity contribution in [1.29, 1.82) is 0 Å². The number of anilines is 1. The van der Waals surface area contributed by atoms with Gasteiger partial charge in [0.05, 0.1) is 18.8 Å². The average Bonchev–Trinajstić information content (AvgIpc) is 2.62. The Labute approximate surface area is 139 Å². The molecule has 2 N–H and O–H groups in total. The third kappa shape index (κ3) is 3.38. The number of para-hydroxylation sites is 2. The van der Waals surface area contributed by atoms with Crippen molar-refractivity contribution in [3.05, 3.63) is 59.7 Å². The minimum Gasteiger partial charge on any atom is -0.482 e. The van der Waals surface area contributed by atoms with Crippen molar-refractivity contribution in [2.75, 3.05) is 24.7 Å². The molecule has 0 aliphatic carbocycles. The molecule has 0 bridgehead atoms. The number of carbonyl (C=O) groups is 2. The second-order valence-electron chi connectivity index (χ2n) is 5.41. The molecule has 2 aromatic carbocycles. The first-order valence-electron chi connectivity index (χ1n) is 7.69. The van der Waals surface area contributed by atoms with E-state index in [0.717, 1.165) is 11.3 Å². The minimum atomic E-state index is -0.233. The number of hydrogen-bond acceptors (Lipinski definition) is 4. The highest BCUT2D eigenvalue weighted by Crippen LogP contribution is 2.32. The first-order valence-corrected chi connectivity index (χ1v) is 7.69. The predicted octanol–water partition coefficient (Wildman–Crippen LogP) is 1.33. The summed E-state index contributed by atoms with van der Waals surface area (Å²) in [6.07, 6.45) is 0. The maximum Gasteiger partial charge on any atom is 0.265 e. The molecule has 1 heterocycles. The first-order chi connectivity index (χ1) is 11.7. The van der Waals surface area contributed by atoms with Crippen molar-refractivity contribution in [1.82, 2.24) is 5.32 Å². The molecular weight excluding hydrogens is 308 g/mol. The molecule has 0 saturated carbocycles. The largest absolute Gasteiger partial charge is 0.482 e. The topological polar surface area (TPSA) is 78.9 Å². The van der Waals surface area contributed by atoms with Gasteiger partial charge in [-0.25, -0.2) is 0 Å². The summed E-state index contributed by atoms with van der Waals surface area (Å²) in [5.74, 6) is 0.360. The van der Waals surface area contributed by atoms with E-state index in [9.17, 15) is 9.59 Å². The van der Waals surface area contributed by atoms with Crippen molar-refractivity contribution in [3.8, 4) is 5.75 Å². The number of carbonyl (C=O) groups excluding carboxylic acids is 2. The van der Waals surface area contributed by atoms with E-state index in [4.69, 9.17) is 9.84 Å². The number of nitrogens with zero attached hydrogens (tertiary/aromatic N) is 1. The summed E-state index contributed by atoms with van der Waals surface area (Å²) in [5.41, 5.74) is 2.18. The number of ether oxygens (including phenoxy) is 1. The van der Waals surface area contributed by atoms with Gasteiger partial charge in [0.1, 0.15) is 5.75 Å². The summed E-state index contributed by atoms with van der Waals surface area (Å²) in [5, 5.41) is 11.3. The van der Waals surface area contributed by atoms with Gasteiger partial charge in [-0.05, 0) is 29.8 Å². The van der Waals surface area contributed by atoms with Gasteiger partial charge in [-0.15, -0.1) is 0 Å². The first kappa shape index (κ1) is 16.0. The number of amides is 2. The molecule has 6 heteroatoms. The molecular formula is C18H18N2O4. The standard InChI is InChI=1S/C18H18N2O4/c21-10-9-19-18(23)14-7-5-13(6-8-14)11-20-15-3-1-2-4-16(15)24-12-17(20)22/h1-8,21H,9-12H2,(H,19,23). The van der Waals surface area contributed by atoms with E-state index in [0.29, 0.717) is 17.9 Å². The van der Waals surface area contributed by atoms with Crippen LogP contribution in [0.2, 0.25) is 0 Å². The van der Waals surface area contributed by atoms with Crippen LogP contribution in [0.3, 0.4) is 0 Å². The van der Waals surface area contributed by atoms with Crippen molar-refractivity contribution in [2.24, 2.45) is 0 Å². The number of aliphatic hydroxyl groups excluding tert-OH is 1. The van der Waals surface area contributed by atoms with Gasteiger partial charge >= 0.3 is 0 Å². The number of fused-ring (bicyclic) bond motifs is 1. The quantitative estimate of drug-likeness (QED) is 0.869. The van der Waals surface area contributed by atoms with Crippen LogP contribution in [0, 0.1) is 0 Å². The van der Waals surface area contributed by atoms with E-state index in [2.05, 4.69) is 5.32 Å². The Bertz CT molecular complexity index is 743. The molecule has 0 saturated heterocycles. The fourth-order valence-electron chi connectivity index (χ4n) is 2.54. The Morgan fingerprint density at radius 1 is 1.17 bits per heavy atom. The SMILES string of the molecule is O=C(NCCO)c1ccc(CN2C(=O)COc3ccccc32)cc1. The normalized spacial score (nSPS) is 13.2. The molecule has 0 aromatic heterocycles. The maximum absolute atomic E-state index is 12.2. The zero-order chi connectivity index (χ0) is 16.9. The van der Waals surface area contributed by atoms with Gasteiger partial charge in [0.2, 0.25) is 0 Å². The third-order valence-electron chi connectivity index (χ3n) is 3.76. The van der Waals surface area contributed by atoms with Crippen LogP contribution in [-0.4, -0.2) is 36.7 Å². The van der Waals surface area contributed by atoms with Gasteiger partial charge in [0.25, 0.3) is 11.8 Å². The van der Waals surface area contributed by atoms with Gasteiger partial charge < -0.3 is 20.1 Å². The summed E-state index contributed by atoms with van der Waals surface area (Å²) in [6, 6.07) is 14.5. The zero-order valence-corrected chi connectivity index (χ0v) is 13.1. The Kier molecular flexibility index (Phi) is 4.77. The van der Waals surface area contributed by atoms with E-state index in [1.165, 1.54) is 0 Å². The highest BCUT2D eigenvalue weighted by molar-refractivity contribution is 5.97. The lowest BCUT2D eigenvalue weighted by Gasteiger charge is -2.29. The lowest BCUT2D eigenvalue weighted by Crippen LogP contribution is -2.38. The van der Waals surface area contributed by atoms with Crippen LogP contribution in [0.25, 0.3) is 0 Å². The molecule has 0 atom stereocenters. The van der Waals surface area contributed by atoms with E-state index in [1.54, 1.807) is 17.0 Å². The molecule has 0 radical (unpaired) electrons. The molecule has 0 unspecified atom stereocenters. The smallest absolute Gasteiger partial charge is 0.265 e. The molecule has 0 spiro atoms. The lowest BCUT2D eigenvalue weighted by molar-refractivity contribution is -0.121. The van der Waals surface area contributed by atoms with Gasteiger partial charge in [0.15, 0.2) is 6.61 Å². The highest BCUT2D eigenvalue weighted by atomic mass is 16.5. The van der Waals surface area contributed by atoms with Crippen LogP contribution in [0.15, 0.2) is 48.5 Å². The fourth-order valence-corrected chi connectivity index (χ4v) is 2.54. The molecule has 6 nitrogen and oxygen atoms in total. The number of hydrogen-bond donors (Lipinski definition) is 2. The number of rotatable bonds is 5. The monoisotopic (exact) mass is 326 g/mol. The number of benzene rings is 2. The zero-order valence-electron chi connectivity index (χ0n) is 13.1. The van der Waals surface area contributed by atoms with Crippen LogP contribution in [0.4, 0.5) is 5.69 Å². The maximum atomic E-state index is 12.2. The van der Waals surface area contributed by atoms with Gasteiger partial charge in [-0.3, -0.25) is 9.59 Å². The Morgan fingerprint density at radius 3 is 2.67 bits per heavy atom. The van der Waals surface area contributed by atoms with Gasteiger partial charge in [-0.2, -0.15) is 0 Å². The summed E-state index contributed by atoms with van der Waals surface area (Å²) >= 11 is 0. The van der Waals surface area contributed by atoms with Crippen LogP contribution in [-0.2, 0) is 11.3 Å². The Morgan fingerprint density at radius 2 is 1.92 bits per heavy atom. The Balaban J connectivity index is 1.74. The second kappa shape index (κ2) is 7.14. The van der Waals surface area contributed by atoms with E-state index in [1.807, 2.05) is 36.4 Å². The molecule has 1 aliphatic rings. The predicted molar refractivity (Wildman–Crippen MR) is 89.0 cm³/mol. The van der Waals surface area contributed by atoms with Crippen molar-refractivity contribution in [2.45, 2.75) is 6.54 Å². The number of aliphatic hydroxyl groups is 1. The summed E-state index contributed by atoms with van der Waals surface area (Å²) < 4.78 is 5.43. The molecule has 2 aromatic rings. The second-order valence-corrected chi connectivity index (χ2v) is 5.41. The molecule has 2 amide bonds. The van der Waals surface area contributed by atoms with Crippen molar-refractivity contribution >= 4 is 17.5 Å².